The Labute approximate surface area is 146 Å². The quantitative estimate of drug-likeness (QED) is 0.825. The highest BCUT2D eigenvalue weighted by Crippen LogP contribution is 2.21. The fraction of sp³-hybridized carbons (Fsp3) is 0.316. The molecule has 3 rings (SSSR count). The van der Waals surface area contributed by atoms with Gasteiger partial charge >= 0.3 is 0 Å². The first kappa shape index (κ1) is 16.9. The van der Waals surface area contributed by atoms with E-state index in [4.69, 9.17) is 16.3 Å². The van der Waals surface area contributed by atoms with Crippen molar-refractivity contribution in [3.05, 3.63) is 70.5 Å². The predicted molar refractivity (Wildman–Crippen MR) is 91.6 cm³/mol. The van der Waals surface area contributed by atoms with E-state index in [2.05, 4.69) is 0 Å². The minimum absolute atomic E-state index is 0.0835. The monoisotopic (exact) mass is 347 g/mol. The van der Waals surface area contributed by atoms with E-state index in [-0.39, 0.29) is 24.4 Å². The maximum Gasteiger partial charge on any atom is 0.255 e. The third-order valence-corrected chi connectivity index (χ3v) is 4.53. The summed E-state index contributed by atoms with van der Waals surface area (Å²) in [6.45, 7) is 1.40. The lowest BCUT2D eigenvalue weighted by Crippen LogP contribution is -2.43. The summed E-state index contributed by atoms with van der Waals surface area (Å²) in [5.41, 5.74) is 1.04. The molecule has 5 heteroatoms. The lowest BCUT2D eigenvalue weighted by Gasteiger charge is -2.33. The summed E-state index contributed by atoms with van der Waals surface area (Å²) in [5.74, 6) is -0.350. The molecular weight excluding hydrogens is 329 g/mol. The number of benzene rings is 2. The van der Waals surface area contributed by atoms with Crippen LogP contribution in [0.15, 0.2) is 48.5 Å². The van der Waals surface area contributed by atoms with Crippen LogP contribution in [0.25, 0.3) is 0 Å². The molecule has 0 saturated carbocycles. The third kappa shape index (κ3) is 3.94. The van der Waals surface area contributed by atoms with Crippen LogP contribution in [0.5, 0.6) is 0 Å². The van der Waals surface area contributed by atoms with Crippen LogP contribution in [-0.4, -0.2) is 30.0 Å². The van der Waals surface area contributed by atoms with Gasteiger partial charge in [-0.25, -0.2) is 4.39 Å². The molecule has 1 atom stereocenters. The molecule has 0 N–H and O–H groups in total. The van der Waals surface area contributed by atoms with Crippen molar-refractivity contribution < 1.29 is 13.9 Å². The summed E-state index contributed by atoms with van der Waals surface area (Å²) in [5, 5.41) is 0.455. The fourth-order valence-electron chi connectivity index (χ4n) is 2.89. The van der Waals surface area contributed by atoms with E-state index in [0.29, 0.717) is 29.2 Å². The molecule has 0 aliphatic carbocycles. The normalized spacial score (nSPS) is 17.8. The molecule has 126 valence electrons. The maximum absolute atomic E-state index is 13.7. The number of hydrogen-bond acceptors (Lipinski definition) is 2. The standard InChI is InChI=1S/C19H19ClFNO2/c20-17-9-3-2-8-16(17)19(23)22-11-5-7-15(12-22)24-13-14-6-1-4-10-18(14)21/h1-4,6,8-10,15H,5,7,11-13H2/t15-/m1/s1. The van der Waals surface area contributed by atoms with Gasteiger partial charge in [-0.15, -0.1) is 0 Å². The molecule has 0 unspecified atom stereocenters. The van der Waals surface area contributed by atoms with Gasteiger partial charge in [-0.2, -0.15) is 0 Å². The average molecular weight is 348 g/mol. The van der Waals surface area contributed by atoms with Crippen LogP contribution in [0.2, 0.25) is 5.02 Å². The van der Waals surface area contributed by atoms with Gasteiger partial charge in [0, 0.05) is 18.7 Å². The molecular formula is C19H19ClFNO2. The van der Waals surface area contributed by atoms with Gasteiger partial charge in [0.25, 0.3) is 5.91 Å². The first-order valence-electron chi connectivity index (χ1n) is 8.04. The molecule has 3 nitrogen and oxygen atoms in total. The Bertz CT molecular complexity index is 722. The Balaban J connectivity index is 1.61. The molecule has 1 fully saturated rings. The van der Waals surface area contributed by atoms with Gasteiger partial charge in [-0.05, 0) is 31.0 Å². The van der Waals surface area contributed by atoms with Crippen LogP contribution in [0.3, 0.4) is 0 Å². The number of nitrogens with zero attached hydrogens (tertiary/aromatic N) is 1. The van der Waals surface area contributed by atoms with Crippen molar-refractivity contribution in [3.63, 3.8) is 0 Å². The van der Waals surface area contributed by atoms with Gasteiger partial charge in [-0.3, -0.25) is 4.79 Å². The molecule has 1 heterocycles. The second kappa shape index (κ2) is 7.77. The van der Waals surface area contributed by atoms with Gasteiger partial charge in [-0.1, -0.05) is 41.9 Å². The van der Waals surface area contributed by atoms with Crippen LogP contribution >= 0.6 is 11.6 Å². The topological polar surface area (TPSA) is 29.5 Å². The largest absolute Gasteiger partial charge is 0.372 e. The molecule has 0 aromatic heterocycles. The zero-order chi connectivity index (χ0) is 16.9. The van der Waals surface area contributed by atoms with Crippen LogP contribution in [-0.2, 0) is 11.3 Å². The maximum atomic E-state index is 13.7. The molecule has 24 heavy (non-hydrogen) atoms. The van der Waals surface area contributed by atoms with Crippen molar-refractivity contribution >= 4 is 17.5 Å². The minimum Gasteiger partial charge on any atom is -0.372 e. The summed E-state index contributed by atoms with van der Waals surface area (Å²) in [6, 6.07) is 13.6. The van der Waals surface area contributed by atoms with E-state index >= 15 is 0 Å². The van der Waals surface area contributed by atoms with Gasteiger partial charge < -0.3 is 9.64 Å². The Morgan fingerprint density at radius 2 is 1.96 bits per heavy atom. The first-order valence-corrected chi connectivity index (χ1v) is 8.42. The van der Waals surface area contributed by atoms with Crippen molar-refractivity contribution in [1.82, 2.24) is 4.90 Å². The van der Waals surface area contributed by atoms with Crippen LogP contribution < -0.4 is 0 Å². The zero-order valence-electron chi connectivity index (χ0n) is 13.3. The van der Waals surface area contributed by atoms with Crippen molar-refractivity contribution in [2.75, 3.05) is 13.1 Å². The molecule has 1 amide bonds. The Hall–Kier alpha value is -1.91. The highest BCUT2D eigenvalue weighted by Gasteiger charge is 2.26. The van der Waals surface area contributed by atoms with Crippen LogP contribution in [0, 0.1) is 5.82 Å². The molecule has 0 radical (unpaired) electrons. The predicted octanol–water partition coefficient (Wildman–Crippen LogP) is 4.30. The number of carbonyl (C=O) groups is 1. The van der Waals surface area contributed by atoms with Crippen LogP contribution in [0.4, 0.5) is 4.39 Å². The summed E-state index contributed by atoms with van der Waals surface area (Å²) < 4.78 is 19.5. The highest BCUT2D eigenvalue weighted by atomic mass is 35.5. The SMILES string of the molecule is O=C(c1ccccc1Cl)N1CCC[C@@H](OCc2ccccc2F)C1. The summed E-state index contributed by atoms with van der Waals surface area (Å²) in [4.78, 5) is 14.4. The number of likely N-dealkylation sites (tertiary alicyclic amines) is 1. The first-order chi connectivity index (χ1) is 11.6. The molecule has 2 aromatic carbocycles. The lowest BCUT2D eigenvalue weighted by molar-refractivity contribution is -0.00761. The van der Waals surface area contributed by atoms with Crippen LogP contribution in [0.1, 0.15) is 28.8 Å². The molecule has 0 bridgehead atoms. The number of rotatable bonds is 4. The Kier molecular flexibility index (Phi) is 5.48. The van der Waals surface area contributed by atoms with E-state index in [1.807, 2.05) is 0 Å². The van der Waals surface area contributed by atoms with Gasteiger partial charge in [0.15, 0.2) is 0 Å². The average Bonchev–Trinajstić information content (AvgIpc) is 2.61. The zero-order valence-corrected chi connectivity index (χ0v) is 14.0. The number of amides is 1. The summed E-state index contributed by atoms with van der Waals surface area (Å²) in [6.07, 6.45) is 1.63. The minimum atomic E-state index is -0.266. The van der Waals surface area contributed by atoms with E-state index < -0.39 is 0 Å². The van der Waals surface area contributed by atoms with Crippen molar-refractivity contribution in [3.8, 4) is 0 Å². The third-order valence-electron chi connectivity index (χ3n) is 4.20. The Morgan fingerprint density at radius 1 is 1.21 bits per heavy atom. The number of carbonyl (C=O) groups excluding carboxylic acids is 1. The van der Waals surface area contributed by atoms with Gasteiger partial charge in [0.2, 0.25) is 0 Å². The highest BCUT2D eigenvalue weighted by molar-refractivity contribution is 6.33. The molecule has 1 aliphatic heterocycles. The van der Waals surface area contributed by atoms with Crippen molar-refractivity contribution in [2.45, 2.75) is 25.6 Å². The second-order valence-electron chi connectivity index (χ2n) is 5.90. The number of halogens is 2. The molecule has 2 aromatic rings. The number of hydrogen-bond donors (Lipinski definition) is 0. The molecule has 1 saturated heterocycles. The van der Waals surface area contributed by atoms with Gasteiger partial charge in [0.1, 0.15) is 5.82 Å². The molecule has 1 aliphatic rings. The van der Waals surface area contributed by atoms with E-state index in [1.54, 1.807) is 47.4 Å². The smallest absolute Gasteiger partial charge is 0.255 e. The summed E-state index contributed by atoms with van der Waals surface area (Å²) >= 11 is 6.11. The fourth-order valence-corrected chi connectivity index (χ4v) is 3.10. The lowest BCUT2D eigenvalue weighted by atomic mass is 10.1. The van der Waals surface area contributed by atoms with E-state index in [9.17, 15) is 9.18 Å². The number of piperidine rings is 1. The molecule has 0 spiro atoms. The van der Waals surface area contributed by atoms with Crippen molar-refractivity contribution in [2.24, 2.45) is 0 Å². The van der Waals surface area contributed by atoms with Crippen molar-refractivity contribution in [1.29, 1.82) is 0 Å². The van der Waals surface area contributed by atoms with Gasteiger partial charge in [0.05, 0.1) is 23.3 Å². The number of ether oxygens (including phenoxy) is 1. The van der Waals surface area contributed by atoms with E-state index in [0.717, 1.165) is 12.8 Å². The summed E-state index contributed by atoms with van der Waals surface area (Å²) in [7, 11) is 0. The Morgan fingerprint density at radius 3 is 2.75 bits per heavy atom. The van der Waals surface area contributed by atoms with E-state index in [1.165, 1.54) is 6.07 Å². The second-order valence-corrected chi connectivity index (χ2v) is 6.30.